The van der Waals surface area contributed by atoms with Gasteiger partial charge in [0.1, 0.15) is 5.82 Å². The maximum Gasteiger partial charge on any atom is 0.429 e. The molecule has 1 aliphatic heterocycles. The molecule has 3 N–H and O–H groups in total. The second kappa shape index (κ2) is 9.01. The van der Waals surface area contributed by atoms with Crippen LogP contribution in [0.4, 0.5) is 23.4 Å². The molecule has 33 heavy (non-hydrogen) atoms. The smallest absolute Gasteiger partial charge is 0.429 e. The third kappa shape index (κ3) is 4.80. The number of alkyl halides is 3. The van der Waals surface area contributed by atoms with Crippen LogP contribution in [0, 0.1) is 19.5 Å². The highest BCUT2D eigenvalue weighted by Crippen LogP contribution is 2.41. The lowest BCUT2D eigenvalue weighted by atomic mass is 9.97. The first kappa shape index (κ1) is 15.7. The number of benzene rings is 1. The van der Waals surface area contributed by atoms with Gasteiger partial charge in [-0.15, -0.1) is 0 Å². The van der Waals surface area contributed by atoms with Crippen molar-refractivity contribution in [3.63, 3.8) is 0 Å². The molecule has 1 aromatic carbocycles. The van der Waals surface area contributed by atoms with Crippen LogP contribution in [0.25, 0.3) is 11.1 Å². The van der Waals surface area contributed by atoms with Crippen LogP contribution in [0.15, 0.2) is 36.8 Å². The summed E-state index contributed by atoms with van der Waals surface area (Å²) in [4.78, 5) is 3.88. The fraction of sp³-hybridized carbons (Fsp3) is 0.391. The molecule has 176 valence electrons. The Hall–Kier alpha value is -3.14. The van der Waals surface area contributed by atoms with Crippen molar-refractivity contribution in [2.45, 2.75) is 44.8 Å². The molecule has 1 unspecified atom stereocenters. The van der Waals surface area contributed by atoms with Crippen LogP contribution < -0.4 is 15.8 Å². The molecule has 0 radical (unpaired) electrons. The normalized spacial score (nSPS) is 20.9. The zero-order valence-corrected chi connectivity index (χ0v) is 17.2. The number of hydrogen-bond acceptors (Lipinski definition) is 5. The standard InChI is InChI=1S/C23H25F4N5O/c1-13-3-4-18(24)14(2)20(13)21(23(25,26)27)33-19-9-15(10-30-22(19)28)16-11-31-32(12-16)17-5-7-29-8-6-17/h3-4,9-12,17,21,29H,5-8H2,1-2H3,(H2,28,30)/i1D3,2D3,17D. The Balaban J connectivity index is 1.81. The molecule has 1 saturated heterocycles. The predicted molar refractivity (Wildman–Crippen MR) is 116 cm³/mol. The number of piperidine rings is 1. The number of halogens is 4. The number of nitrogens with two attached hydrogens (primary N) is 1. The number of aryl methyl sites for hydroxylation is 1. The maximum absolute atomic E-state index is 14.7. The highest BCUT2D eigenvalue weighted by Gasteiger charge is 2.45. The van der Waals surface area contributed by atoms with Crippen LogP contribution in [0.5, 0.6) is 5.75 Å². The second-order valence-corrected chi connectivity index (χ2v) is 7.52. The van der Waals surface area contributed by atoms with Crippen LogP contribution in [0.1, 0.15) is 51.2 Å². The Morgan fingerprint density at radius 2 is 2.03 bits per heavy atom. The van der Waals surface area contributed by atoms with E-state index in [9.17, 15) is 17.6 Å². The number of ether oxygens (including phenoxy) is 1. The molecular weight excluding hydrogens is 438 g/mol. The Kier molecular flexibility index (Phi) is 4.27. The summed E-state index contributed by atoms with van der Waals surface area (Å²) in [6, 6.07) is 1.15. The van der Waals surface area contributed by atoms with E-state index in [4.69, 9.17) is 20.1 Å². The number of nitrogen functional groups attached to an aromatic ring is 1. The van der Waals surface area contributed by atoms with Crippen molar-refractivity contribution < 1.29 is 31.9 Å². The molecule has 0 spiro atoms. The lowest BCUT2D eigenvalue weighted by Gasteiger charge is -2.26. The van der Waals surface area contributed by atoms with Gasteiger partial charge in [-0.2, -0.15) is 18.3 Å². The van der Waals surface area contributed by atoms with Gasteiger partial charge in [0.05, 0.1) is 13.6 Å². The number of rotatable bonds is 5. The van der Waals surface area contributed by atoms with E-state index in [2.05, 4.69) is 15.4 Å². The van der Waals surface area contributed by atoms with Crippen LogP contribution in [-0.2, 0) is 0 Å². The molecule has 0 amide bonds. The SMILES string of the molecule is [2H]C([2H])([2H])c1ccc(F)c(C([2H])([2H])[2H])c1C(Oc1cc(-c2cnn(C3([2H])CCNCC3)c2)cnc1N)C(F)(F)F. The third-order valence-electron chi connectivity index (χ3n) is 5.30. The lowest BCUT2D eigenvalue weighted by molar-refractivity contribution is -0.198. The Morgan fingerprint density at radius 3 is 2.73 bits per heavy atom. The molecule has 2 aromatic heterocycles. The van der Waals surface area contributed by atoms with E-state index in [-0.39, 0.29) is 5.56 Å². The minimum atomic E-state index is -5.40. The monoisotopic (exact) mass is 470 g/mol. The van der Waals surface area contributed by atoms with Crippen molar-refractivity contribution in [1.29, 1.82) is 0 Å². The van der Waals surface area contributed by atoms with Gasteiger partial charge >= 0.3 is 6.18 Å². The fourth-order valence-corrected chi connectivity index (χ4v) is 3.58. The van der Waals surface area contributed by atoms with Crippen LogP contribution in [0.3, 0.4) is 0 Å². The highest BCUT2D eigenvalue weighted by atomic mass is 19.4. The van der Waals surface area contributed by atoms with Crippen LogP contribution >= 0.6 is 0 Å². The lowest BCUT2D eigenvalue weighted by Crippen LogP contribution is -2.29. The van der Waals surface area contributed by atoms with Crippen LogP contribution in [-0.4, -0.2) is 34.0 Å². The summed E-state index contributed by atoms with van der Waals surface area (Å²) in [5, 5.41) is 7.38. The van der Waals surface area contributed by atoms with Gasteiger partial charge in [0.15, 0.2) is 11.6 Å². The minimum absolute atomic E-state index is 0.209. The average Bonchev–Trinajstić information content (AvgIpc) is 3.33. The van der Waals surface area contributed by atoms with Gasteiger partial charge in [0, 0.05) is 37.3 Å². The van der Waals surface area contributed by atoms with E-state index in [1.807, 2.05) is 0 Å². The minimum Gasteiger partial charge on any atom is -0.472 e. The van der Waals surface area contributed by atoms with E-state index >= 15 is 0 Å². The molecule has 10 heteroatoms. The summed E-state index contributed by atoms with van der Waals surface area (Å²) in [6.45, 7) is -5.48. The van der Waals surface area contributed by atoms with E-state index in [0.29, 0.717) is 43.6 Å². The van der Waals surface area contributed by atoms with Crippen molar-refractivity contribution in [3.8, 4) is 16.9 Å². The molecule has 1 aliphatic rings. The van der Waals surface area contributed by atoms with Crippen molar-refractivity contribution in [3.05, 3.63) is 59.3 Å². The first-order chi connectivity index (χ1) is 18.4. The maximum atomic E-state index is 14.7. The van der Waals surface area contributed by atoms with Crippen molar-refractivity contribution in [2.75, 3.05) is 18.8 Å². The summed E-state index contributed by atoms with van der Waals surface area (Å²) in [5.41, 5.74) is 2.55. The van der Waals surface area contributed by atoms with Gasteiger partial charge < -0.3 is 15.8 Å². The van der Waals surface area contributed by atoms with E-state index < -0.39 is 66.1 Å². The van der Waals surface area contributed by atoms with E-state index in [1.54, 1.807) is 0 Å². The van der Waals surface area contributed by atoms with Gasteiger partial charge in [0.25, 0.3) is 0 Å². The molecule has 3 aromatic rings. The number of aromatic nitrogens is 3. The van der Waals surface area contributed by atoms with Gasteiger partial charge in [-0.25, -0.2) is 9.37 Å². The molecule has 1 fully saturated rings. The van der Waals surface area contributed by atoms with Crippen LogP contribution in [0.2, 0.25) is 0 Å². The third-order valence-corrected chi connectivity index (χ3v) is 5.30. The summed E-state index contributed by atoms with van der Waals surface area (Å²) in [5.74, 6) is -2.70. The molecule has 0 aliphatic carbocycles. The van der Waals surface area contributed by atoms with Crippen molar-refractivity contribution in [1.82, 2.24) is 20.1 Å². The van der Waals surface area contributed by atoms with Gasteiger partial charge in [0.2, 0.25) is 6.10 Å². The topological polar surface area (TPSA) is 78.0 Å². The zero-order valence-electron chi connectivity index (χ0n) is 24.2. The quantitative estimate of drug-likeness (QED) is 0.519. The largest absolute Gasteiger partial charge is 0.472 e. The fourth-order valence-electron chi connectivity index (χ4n) is 3.58. The zero-order chi connectivity index (χ0) is 29.7. The number of nitrogens with one attached hydrogen (secondary N) is 1. The molecular formula is C23H25F4N5O. The Labute approximate surface area is 198 Å². The molecule has 4 rings (SSSR count). The van der Waals surface area contributed by atoms with E-state index in [1.165, 1.54) is 23.3 Å². The number of nitrogens with zero attached hydrogens (tertiary/aromatic N) is 3. The molecule has 0 saturated carbocycles. The van der Waals surface area contributed by atoms with Gasteiger partial charge in [-0.1, -0.05) is 6.07 Å². The summed E-state index contributed by atoms with van der Waals surface area (Å²) >= 11 is 0. The van der Waals surface area contributed by atoms with Crippen molar-refractivity contribution in [2.24, 2.45) is 0 Å². The van der Waals surface area contributed by atoms with E-state index in [0.717, 1.165) is 6.07 Å². The molecule has 0 bridgehead atoms. The Morgan fingerprint density at radius 1 is 1.24 bits per heavy atom. The van der Waals surface area contributed by atoms with Gasteiger partial charge in [-0.3, -0.25) is 4.68 Å². The first-order valence-corrected chi connectivity index (χ1v) is 10.0. The number of hydrogen-bond donors (Lipinski definition) is 2. The molecule has 1 atom stereocenters. The summed E-state index contributed by atoms with van der Waals surface area (Å²) in [7, 11) is 0. The average molecular weight is 471 g/mol. The first-order valence-electron chi connectivity index (χ1n) is 13.5. The number of pyridine rings is 1. The molecule has 6 nitrogen and oxygen atoms in total. The second-order valence-electron chi connectivity index (χ2n) is 7.52. The van der Waals surface area contributed by atoms with Gasteiger partial charge in [-0.05, 0) is 62.9 Å². The summed E-state index contributed by atoms with van der Waals surface area (Å²) in [6.07, 6.45) is -3.50. The number of anilines is 1. The van der Waals surface area contributed by atoms with Crippen molar-refractivity contribution >= 4 is 5.82 Å². The highest BCUT2D eigenvalue weighted by molar-refractivity contribution is 5.66. The predicted octanol–water partition coefficient (Wildman–Crippen LogP) is 4.89. The molecule has 3 heterocycles. The summed E-state index contributed by atoms with van der Waals surface area (Å²) < 4.78 is 119. The Bertz CT molecular complexity index is 1390.